The zero-order valence-electron chi connectivity index (χ0n) is 11.9. The highest BCUT2D eigenvalue weighted by atomic mass is 16.5. The molecule has 0 saturated heterocycles. The Morgan fingerprint density at radius 3 is 2.28 bits per heavy atom. The molecular formula is C12H27N3O3. The van der Waals surface area contributed by atoms with Crippen molar-refractivity contribution in [3.63, 3.8) is 0 Å². The second-order valence-corrected chi connectivity index (χ2v) is 4.57. The van der Waals surface area contributed by atoms with Crippen molar-refractivity contribution in [3.05, 3.63) is 0 Å². The number of nitrogens with zero attached hydrogens (tertiary/aromatic N) is 1. The molecule has 6 heteroatoms. The maximum Gasteiger partial charge on any atom is 0.251 e. The van der Waals surface area contributed by atoms with Gasteiger partial charge in [0, 0.05) is 33.9 Å². The molecule has 0 aliphatic carbocycles. The number of ether oxygens (including phenoxy) is 2. The molecule has 0 aliphatic rings. The Bertz CT molecular complexity index is 225. The van der Waals surface area contributed by atoms with Crippen LogP contribution in [0.2, 0.25) is 0 Å². The van der Waals surface area contributed by atoms with Crippen LogP contribution in [0.1, 0.15) is 20.3 Å². The van der Waals surface area contributed by atoms with Gasteiger partial charge in [0.1, 0.15) is 0 Å². The lowest BCUT2D eigenvalue weighted by Crippen LogP contribution is -2.53. The fourth-order valence-electron chi connectivity index (χ4n) is 1.99. The largest absolute Gasteiger partial charge is 0.385 e. The second kappa shape index (κ2) is 10.3. The maximum atomic E-state index is 11.8. The highest BCUT2D eigenvalue weighted by Crippen LogP contribution is 2.11. The number of carbonyl (C=O) groups is 1. The van der Waals surface area contributed by atoms with Gasteiger partial charge in [0.15, 0.2) is 0 Å². The van der Waals surface area contributed by atoms with E-state index in [-0.39, 0.29) is 17.9 Å². The summed E-state index contributed by atoms with van der Waals surface area (Å²) < 4.78 is 10.1. The Morgan fingerprint density at radius 1 is 1.22 bits per heavy atom. The topological polar surface area (TPSA) is 76.8 Å². The molecule has 1 amide bonds. The average Bonchev–Trinajstić information content (AvgIpc) is 2.35. The summed E-state index contributed by atoms with van der Waals surface area (Å²) in [5.74, 6) is 5.28. The molecule has 0 aromatic heterocycles. The third-order valence-electron chi connectivity index (χ3n) is 2.81. The Balaban J connectivity index is 4.57. The lowest BCUT2D eigenvalue weighted by atomic mass is 10.0. The molecule has 0 bridgehead atoms. The van der Waals surface area contributed by atoms with Crippen molar-refractivity contribution in [1.29, 1.82) is 0 Å². The summed E-state index contributed by atoms with van der Waals surface area (Å²) in [4.78, 5) is 13.9. The molecule has 0 aliphatic heterocycles. The number of hydrogen-bond donors (Lipinski definition) is 2. The zero-order valence-corrected chi connectivity index (χ0v) is 11.9. The van der Waals surface area contributed by atoms with Crippen LogP contribution in [-0.4, -0.2) is 57.4 Å². The van der Waals surface area contributed by atoms with Crippen LogP contribution >= 0.6 is 0 Å². The first-order valence-electron chi connectivity index (χ1n) is 6.30. The molecule has 0 fully saturated rings. The molecular weight excluding hydrogens is 234 g/mol. The number of nitrogens with two attached hydrogens (primary N) is 1. The summed E-state index contributed by atoms with van der Waals surface area (Å²) in [7, 11) is 3.33. The molecule has 0 saturated carbocycles. The molecule has 0 radical (unpaired) electrons. The van der Waals surface area contributed by atoms with Gasteiger partial charge >= 0.3 is 0 Å². The van der Waals surface area contributed by atoms with Crippen molar-refractivity contribution >= 4 is 5.91 Å². The summed E-state index contributed by atoms with van der Waals surface area (Å²) in [5, 5.41) is 0. The van der Waals surface area contributed by atoms with Gasteiger partial charge in [-0.25, -0.2) is 5.84 Å². The highest BCUT2D eigenvalue weighted by molar-refractivity contribution is 5.81. The summed E-state index contributed by atoms with van der Waals surface area (Å²) in [5.41, 5.74) is 2.24. The van der Waals surface area contributed by atoms with Crippen molar-refractivity contribution in [2.24, 2.45) is 11.8 Å². The van der Waals surface area contributed by atoms with Crippen LogP contribution in [0, 0.1) is 5.92 Å². The molecule has 1 atom stereocenters. The van der Waals surface area contributed by atoms with Crippen LogP contribution in [0.15, 0.2) is 0 Å². The standard InChI is InChI=1S/C12H27N3O3/c1-10(2)11(12(16)14-13)15(7-9-18-4)6-5-8-17-3/h10-11H,5-9,13H2,1-4H3,(H,14,16). The van der Waals surface area contributed by atoms with E-state index < -0.39 is 0 Å². The first-order valence-corrected chi connectivity index (χ1v) is 6.30. The van der Waals surface area contributed by atoms with Crippen molar-refractivity contribution in [3.8, 4) is 0 Å². The number of methoxy groups -OCH3 is 2. The lowest BCUT2D eigenvalue weighted by molar-refractivity contribution is -0.128. The SMILES string of the molecule is COCCCN(CCOC)C(C(=O)NN)C(C)C. The predicted octanol–water partition coefficient (Wildman–Crippen LogP) is -0.0142. The van der Waals surface area contributed by atoms with Gasteiger partial charge in [-0.05, 0) is 12.3 Å². The molecule has 0 rings (SSSR count). The number of nitrogens with one attached hydrogen (secondary N) is 1. The van der Waals surface area contributed by atoms with Crippen LogP contribution in [0.4, 0.5) is 0 Å². The Labute approximate surface area is 110 Å². The van der Waals surface area contributed by atoms with Crippen molar-refractivity contribution in [2.45, 2.75) is 26.3 Å². The number of carbonyl (C=O) groups excluding carboxylic acids is 1. The molecule has 0 aromatic carbocycles. The molecule has 0 aromatic rings. The fraction of sp³-hybridized carbons (Fsp3) is 0.917. The zero-order chi connectivity index (χ0) is 14.0. The van der Waals surface area contributed by atoms with E-state index in [2.05, 4.69) is 10.3 Å². The molecule has 1 unspecified atom stereocenters. The maximum absolute atomic E-state index is 11.8. The summed E-state index contributed by atoms with van der Waals surface area (Å²) in [6.07, 6.45) is 0.876. The Kier molecular flexibility index (Phi) is 9.86. The minimum Gasteiger partial charge on any atom is -0.385 e. The van der Waals surface area contributed by atoms with Crippen molar-refractivity contribution in [1.82, 2.24) is 10.3 Å². The van der Waals surface area contributed by atoms with Crippen LogP contribution in [0.3, 0.4) is 0 Å². The first-order chi connectivity index (χ1) is 8.58. The normalized spacial score (nSPS) is 13.1. The van der Waals surface area contributed by atoms with E-state index in [0.717, 1.165) is 13.0 Å². The smallest absolute Gasteiger partial charge is 0.251 e. The van der Waals surface area contributed by atoms with E-state index in [1.54, 1.807) is 14.2 Å². The summed E-state index contributed by atoms with van der Waals surface area (Å²) >= 11 is 0. The monoisotopic (exact) mass is 261 g/mol. The lowest BCUT2D eigenvalue weighted by Gasteiger charge is -2.32. The average molecular weight is 261 g/mol. The predicted molar refractivity (Wildman–Crippen MR) is 70.9 cm³/mol. The minimum atomic E-state index is -0.234. The Hall–Kier alpha value is -0.690. The second-order valence-electron chi connectivity index (χ2n) is 4.57. The van der Waals surface area contributed by atoms with Crippen molar-refractivity contribution in [2.75, 3.05) is 40.5 Å². The first kappa shape index (κ1) is 17.3. The van der Waals surface area contributed by atoms with Gasteiger partial charge in [-0.1, -0.05) is 13.8 Å². The molecule has 0 heterocycles. The molecule has 0 spiro atoms. The van der Waals surface area contributed by atoms with Gasteiger partial charge in [0.05, 0.1) is 12.6 Å². The Morgan fingerprint density at radius 2 is 1.83 bits per heavy atom. The summed E-state index contributed by atoms with van der Waals surface area (Å²) in [6, 6.07) is -0.234. The van der Waals surface area contributed by atoms with E-state index in [0.29, 0.717) is 19.8 Å². The third kappa shape index (κ3) is 6.30. The van der Waals surface area contributed by atoms with Crippen LogP contribution in [0.25, 0.3) is 0 Å². The van der Waals surface area contributed by atoms with E-state index in [9.17, 15) is 4.79 Å². The minimum absolute atomic E-state index is 0.154. The van der Waals surface area contributed by atoms with Gasteiger partial charge in [-0.3, -0.25) is 15.1 Å². The van der Waals surface area contributed by atoms with Gasteiger partial charge in [0.25, 0.3) is 5.91 Å². The van der Waals surface area contributed by atoms with Gasteiger partial charge in [-0.15, -0.1) is 0 Å². The van der Waals surface area contributed by atoms with Crippen LogP contribution in [-0.2, 0) is 14.3 Å². The van der Waals surface area contributed by atoms with E-state index in [4.69, 9.17) is 15.3 Å². The summed E-state index contributed by atoms with van der Waals surface area (Å²) in [6.45, 7) is 6.78. The number of hydrazine groups is 1. The number of rotatable bonds is 10. The molecule has 6 nitrogen and oxygen atoms in total. The van der Waals surface area contributed by atoms with Crippen LogP contribution in [0.5, 0.6) is 0 Å². The number of hydrogen-bond acceptors (Lipinski definition) is 5. The van der Waals surface area contributed by atoms with Gasteiger partial charge in [-0.2, -0.15) is 0 Å². The molecule has 3 N–H and O–H groups in total. The van der Waals surface area contributed by atoms with Gasteiger partial charge < -0.3 is 9.47 Å². The quantitative estimate of drug-likeness (QED) is 0.250. The van der Waals surface area contributed by atoms with Gasteiger partial charge in [0.2, 0.25) is 0 Å². The number of amides is 1. The molecule has 18 heavy (non-hydrogen) atoms. The van der Waals surface area contributed by atoms with E-state index in [1.165, 1.54) is 0 Å². The van der Waals surface area contributed by atoms with E-state index in [1.807, 2.05) is 13.8 Å². The van der Waals surface area contributed by atoms with Crippen molar-refractivity contribution < 1.29 is 14.3 Å². The highest BCUT2D eigenvalue weighted by Gasteiger charge is 2.27. The molecule has 108 valence electrons. The fourth-order valence-corrected chi connectivity index (χ4v) is 1.99. The third-order valence-corrected chi connectivity index (χ3v) is 2.81. The van der Waals surface area contributed by atoms with Crippen LogP contribution < -0.4 is 11.3 Å². The van der Waals surface area contributed by atoms with E-state index >= 15 is 0 Å².